The van der Waals surface area contributed by atoms with Gasteiger partial charge in [0, 0.05) is 6.42 Å². The van der Waals surface area contributed by atoms with Crippen LogP contribution in [0.2, 0.25) is 0 Å². The van der Waals surface area contributed by atoms with E-state index in [9.17, 15) is 18.4 Å². The molecule has 1 unspecified atom stereocenters. The Morgan fingerprint density at radius 1 is 1.45 bits per heavy atom. The van der Waals surface area contributed by atoms with E-state index in [-0.39, 0.29) is 0 Å². The molecule has 1 atom stereocenters. The summed E-state index contributed by atoms with van der Waals surface area (Å²) >= 11 is 0. The van der Waals surface area contributed by atoms with Crippen molar-refractivity contribution >= 4 is 11.8 Å². The maximum absolute atomic E-state index is 11.5. The number of Topliss-reactive ketones (excluding diaryl/α,β-unsaturated/α-hetero) is 1. The number of ketones is 1. The Morgan fingerprint density at radius 3 is 2.18 bits per heavy atom. The lowest BCUT2D eigenvalue weighted by molar-refractivity contribution is -0.141. The second-order valence-corrected chi connectivity index (χ2v) is 1.92. The molecule has 0 radical (unpaired) electrons. The van der Waals surface area contributed by atoms with Crippen LogP contribution in [0.15, 0.2) is 0 Å². The lowest BCUT2D eigenvalue weighted by atomic mass is 10.1. The second kappa shape index (κ2) is 3.97. The predicted octanol–water partition coefficient (Wildman–Crippen LogP) is -0.377. The van der Waals surface area contributed by atoms with Gasteiger partial charge in [-0.1, -0.05) is 0 Å². The quantitative estimate of drug-likeness (QED) is 0.598. The van der Waals surface area contributed by atoms with E-state index >= 15 is 0 Å². The molecule has 0 aliphatic heterocycles. The minimum absolute atomic E-state index is 0.826. The first kappa shape index (κ1) is 9.96. The van der Waals surface area contributed by atoms with Crippen LogP contribution in [-0.4, -0.2) is 29.3 Å². The highest BCUT2D eigenvalue weighted by atomic mass is 19.3. The van der Waals surface area contributed by atoms with Gasteiger partial charge in [-0.25, -0.2) is 8.78 Å². The van der Waals surface area contributed by atoms with Crippen molar-refractivity contribution in [2.45, 2.75) is 18.9 Å². The summed E-state index contributed by atoms with van der Waals surface area (Å²) in [7, 11) is 0. The molecule has 0 heterocycles. The van der Waals surface area contributed by atoms with Gasteiger partial charge in [0.1, 0.15) is 6.04 Å². The molecule has 0 spiro atoms. The molecule has 0 aromatic rings. The van der Waals surface area contributed by atoms with E-state index in [2.05, 4.69) is 0 Å². The minimum atomic E-state index is -3.14. The molecule has 0 saturated carbocycles. The molecule has 11 heavy (non-hydrogen) atoms. The third kappa shape index (κ3) is 3.61. The van der Waals surface area contributed by atoms with Crippen molar-refractivity contribution < 1.29 is 23.5 Å². The minimum Gasteiger partial charge on any atom is -0.480 e. The van der Waals surface area contributed by atoms with Crippen molar-refractivity contribution in [1.82, 2.24) is 0 Å². The maximum Gasteiger partial charge on any atom is 0.320 e. The summed E-state index contributed by atoms with van der Waals surface area (Å²) in [4.78, 5) is 20.1. The van der Waals surface area contributed by atoms with Gasteiger partial charge in [-0.3, -0.25) is 9.59 Å². The molecule has 3 N–H and O–H groups in total. The fraction of sp³-hybridized carbons (Fsp3) is 0.600. The number of aliphatic carboxylic acids is 1. The molecule has 0 aromatic heterocycles. The largest absolute Gasteiger partial charge is 0.480 e. The molecule has 6 heteroatoms. The van der Waals surface area contributed by atoms with Crippen LogP contribution in [0.25, 0.3) is 0 Å². The Kier molecular flexibility index (Phi) is 3.59. The smallest absolute Gasteiger partial charge is 0.320 e. The lowest BCUT2D eigenvalue weighted by Gasteiger charge is -2.03. The summed E-state index contributed by atoms with van der Waals surface area (Å²) in [6, 6.07) is -1.53. The van der Waals surface area contributed by atoms with Crippen LogP contribution in [0.5, 0.6) is 0 Å². The molecule has 0 fully saturated rings. The van der Waals surface area contributed by atoms with Crippen LogP contribution in [0.1, 0.15) is 6.42 Å². The van der Waals surface area contributed by atoms with Crippen LogP contribution in [0.4, 0.5) is 8.78 Å². The average Bonchev–Trinajstić information content (AvgIpc) is 1.87. The normalized spacial score (nSPS) is 13.1. The fourth-order valence-corrected chi connectivity index (χ4v) is 0.393. The molecule has 0 aliphatic carbocycles. The van der Waals surface area contributed by atoms with Gasteiger partial charge in [0.15, 0.2) is 0 Å². The number of nitrogens with two attached hydrogens (primary N) is 1. The van der Waals surface area contributed by atoms with Crippen LogP contribution >= 0.6 is 0 Å². The monoisotopic (exact) mass is 167 g/mol. The Morgan fingerprint density at radius 2 is 1.91 bits per heavy atom. The zero-order valence-electron chi connectivity index (χ0n) is 5.46. The Labute approximate surface area is 61.0 Å². The molecule has 0 aromatic carbocycles. The highest BCUT2D eigenvalue weighted by Crippen LogP contribution is 2.00. The third-order valence-electron chi connectivity index (χ3n) is 0.982. The SMILES string of the molecule is NC(CC(=O)C(F)F)C(=O)O. The van der Waals surface area contributed by atoms with Crippen molar-refractivity contribution in [2.24, 2.45) is 5.73 Å². The Bertz CT molecular complexity index is 171. The zero-order chi connectivity index (χ0) is 9.02. The molecule has 0 amide bonds. The van der Waals surface area contributed by atoms with E-state index in [0.717, 1.165) is 0 Å². The highest BCUT2D eigenvalue weighted by Gasteiger charge is 2.22. The van der Waals surface area contributed by atoms with E-state index < -0.39 is 30.6 Å². The summed E-state index contributed by atoms with van der Waals surface area (Å²) in [6.45, 7) is 0. The molecule has 0 saturated heterocycles. The molecule has 0 aliphatic rings. The molecule has 4 nitrogen and oxygen atoms in total. The first-order valence-corrected chi connectivity index (χ1v) is 2.74. The number of halogens is 2. The van der Waals surface area contributed by atoms with Crippen LogP contribution in [-0.2, 0) is 9.59 Å². The Hall–Kier alpha value is -1.04. The van der Waals surface area contributed by atoms with Crippen molar-refractivity contribution in [3.8, 4) is 0 Å². The number of carbonyl (C=O) groups is 2. The summed E-state index contributed by atoms with van der Waals surface area (Å²) in [5.41, 5.74) is 4.80. The van der Waals surface area contributed by atoms with Crippen LogP contribution in [0, 0.1) is 0 Å². The zero-order valence-corrected chi connectivity index (χ0v) is 5.46. The van der Waals surface area contributed by atoms with Crippen molar-refractivity contribution in [3.05, 3.63) is 0 Å². The maximum atomic E-state index is 11.5. The van der Waals surface area contributed by atoms with Gasteiger partial charge >= 0.3 is 5.97 Å². The van der Waals surface area contributed by atoms with E-state index in [1.807, 2.05) is 0 Å². The number of hydrogen-bond acceptors (Lipinski definition) is 3. The lowest BCUT2D eigenvalue weighted by Crippen LogP contribution is -2.34. The summed E-state index contributed by atoms with van der Waals surface area (Å²) < 4.78 is 22.9. The number of alkyl halides is 2. The average molecular weight is 167 g/mol. The van der Waals surface area contributed by atoms with Crippen LogP contribution < -0.4 is 5.73 Å². The van der Waals surface area contributed by atoms with Gasteiger partial charge in [0.05, 0.1) is 0 Å². The van der Waals surface area contributed by atoms with Gasteiger partial charge < -0.3 is 10.8 Å². The Balaban J connectivity index is 3.85. The van der Waals surface area contributed by atoms with Gasteiger partial charge in [-0.2, -0.15) is 0 Å². The summed E-state index contributed by atoms with van der Waals surface area (Å²) in [5, 5.41) is 8.09. The molecular formula is C5H7F2NO3. The number of rotatable bonds is 4. The third-order valence-corrected chi connectivity index (χ3v) is 0.982. The summed E-state index contributed by atoms with van der Waals surface area (Å²) in [6.07, 6.45) is -3.96. The second-order valence-electron chi connectivity index (χ2n) is 1.92. The number of carboxylic acid groups (broad SMARTS) is 1. The number of carboxylic acids is 1. The van der Waals surface area contributed by atoms with Crippen molar-refractivity contribution in [1.29, 1.82) is 0 Å². The van der Waals surface area contributed by atoms with E-state index in [0.29, 0.717) is 0 Å². The van der Waals surface area contributed by atoms with Crippen LogP contribution in [0.3, 0.4) is 0 Å². The molecule has 64 valence electrons. The predicted molar refractivity (Wildman–Crippen MR) is 31.2 cm³/mol. The highest BCUT2D eigenvalue weighted by molar-refractivity contribution is 5.87. The van der Waals surface area contributed by atoms with Gasteiger partial charge in [-0.15, -0.1) is 0 Å². The number of hydrogen-bond donors (Lipinski definition) is 2. The first-order chi connectivity index (χ1) is 4.95. The summed E-state index contributed by atoms with van der Waals surface area (Å²) in [5.74, 6) is -2.90. The standard InChI is InChI=1S/C5H7F2NO3/c6-4(7)3(9)1-2(8)5(10)11/h2,4H,1,8H2,(H,10,11). The molecule has 0 bridgehead atoms. The first-order valence-electron chi connectivity index (χ1n) is 2.74. The molecular weight excluding hydrogens is 160 g/mol. The molecule has 0 rings (SSSR count). The van der Waals surface area contributed by atoms with Crippen molar-refractivity contribution in [3.63, 3.8) is 0 Å². The number of carbonyl (C=O) groups excluding carboxylic acids is 1. The van der Waals surface area contributed by atoms with E-state index in [4.69, 9.17) is 10.8 Å². The van der Waals surface area contributed by atoms with Gasteiger partial charge in [0.25, 0.3) is 6.43 Å². The fourth-order valence-electron chi connectivity index (χ4n) is 0.393. The van der Waals surface area contributed by atoms with E-state index in [1.54, 1.807) is 0 Å². The van der Waals surface area contributed by atoms with E-state index in [1.165, 1.54) is 0 Å². The topological polar surface area (TPSA) is 80.4 Å². The van der Waals surface area contributed by atoms with Gasteiger partial charge in [-0.05, 0) is 0 Å². The van der Waals surface area contributed by atoms with Crippen molar-refractivity contribution in [2.75, 3.05) is 0 Å². The van der Waals surface area contributed by atoms with Gasteiger partial charge in [0.2, 0.25) is 5.78 Å².